The highest BCUT2D eigenvalue weighted by Gasteiger charge is 2.26. The van der Waals surface area contributed by atoms with Gasteiger partial charge in [0.1, 0.15) is 6.04 Å². The highest BCUT2D eigenvalue weighted by Crippen LogP contribution is 2.14. The SMILES string of the molecule is CC(=O)c1cccc(S(=O)(=O)N[C@H](CC(C)C)C(=O)O)c1. The van der Waals surface area contributed by atoms with Crippen LogP contribution in [-0.2, 0) is 14.8 Å². The number of benzene rings is 1. The van der Waals surface area contributed by atoms with Crippen molar-refractivity contribution in [2.75, 3.05) is 0 Å². The second-order valence-corrected chi connectivity index (χ2v) is 6.94. The van der Waals surface area contributed by atoms with E-state index in [2.05, 4.69) is 4.72 Å². The third kappa shape index (κ3) is 4.95. The minimum atomic E-state index is -3.99. The molecule has 0 bridgehead atoms. The molecule has 0 aliphatic rings. The van der Waals surface area contributed by atoms with Crippen molar-refractivity contribution in [1.82, 2.24) is 4.72 Å². The number of rotatable bonds is 7. The van der Waals surface area contributed by atoms with Gasteiger partial charge in [0.05, 0.1) is 4.90 Å². The van der Waals surface area contributed by atoms with E-state index in [1.54, 1.807) is 13.8 Å². The van der Waals surface area contributed by atoms with Gasteiger partial charge in [-0.05, 0) is 31.4 Å². The Kier molecular flexibility index (Phi) is 5.62. The average molecular weight is 313 g/mol. The first-order valence-corrected chi connectivity index (χ1v) is 7.98. The van der Waals surface area contributed by atoms with Crippen LogP contribution in [0, 0.1) is 5.92 Å². The summed E-state index contributed by atoms with van der Waals surface area (Å²) in [5, 5.41) is 9.09. The van der Waals surface area contributed by atoms with Crippen molar-refractivity contribution in [2.24, 2.45) is 5.92 Å². The fourth-order valence-corrected chi connectivity index (χ4v) is 3.06. The highest BCUT2D eigenvalue weighted by molar-refractivity contribution is 7.89. The minimum Gasteiger partial charge on any atom is -0.480 e. The van der Waals surface area contributed by atoms with Crippen LogP contribution < -0.4 is 4.72 Å². The van der Waals surface area contributed by atoms with Crippen molar-refractivity contribution in [3.8, 4) is 0 Å². The maximum Gasteiger partial charge on any atom is 0.321 e. The zero-order valence-corrected chi connectivity index (χ0v) is 13.0. The molecule has 6 nitrogen and oxygen atoms in total. The standard InChI is InChI=1S/C14H19NO5S/c1-9(2)7-13(14(17)18)15-21(19,20)12-6-4-5-11(8-12)10(3)16/h4-6,8-9,13,15H,7H2,1-3H3,(H,17,18)/t13-/m1/s1. The number of hydrogen-bond donors (Lipinski definition) is 2. The Labute approximate surface area is 124 Å². The van der Waals surface area contributed by atoms with Gasteiger partial charge in [-0.3, -0.25) is 9.59 Å². The number of aliphatic carboxylic acids is 1. The fourth-order valence-electron chi connectivity index (χ4n) is 1.81. The van der Waals surface area contributed by atoms with E-state index in [1.165, 1.54) is 31.2 Å². The lowest BCUT2D eigenvalue weighted by Crippen LogP contribution is -2.41. The van der Waals surface area contributed by atoms with Crippen molar-refractivity contribution < 1.29 is 23.1 Å². The fraction of sp³-hybridized carbons (Fsp3) is 0.429. The molecule has 0 aromatic heterocycles. The molecule has 0 spiro atoms. The molecule has 2 N–H and O–H groups in total. The Morgan fingerprint density at radius 3 is 2.38 bits per heavy atom. The molecule has 0 radical (unpaired) electrons. The number of hydrogen-bond acceptors (Lipinski definition) is 4. The van der Waals surface area contributed by atoms with Gasteiger partial charge in [0, 0.05) is 5.56 Å². The van der Waals surface area contributed by atoms with Gasteiger partial charge in [-0.2, -0.15) is 4.72 Å². The van der Waals surface area contributed by atoms with Crippen LogP contribution in [0.3, 0.4) is 0 Å². The molecule has 0 saturated carbocycles. The molecule has 0 unspecified atom stereocenters. The second-order valence-electron chi connectivity index (χ2n) is 5.23. The van der Waals surface area contributed by atoms with Crippen LogP contribution in [0.25, 0.3) is 0 Å². The molecular formula is C14H19NO5S. The molecule has 0 heterocycles. The van der Waals surface area contributed by atoms with E-state index in [0.29, 0.717) is 0 Å². The van der Waals surface area contributed by atoms with Gasteiger partial charge in [0.15, 0.2) is 5.78 Å². The molecule has 116 valence electrons. The lowest BCUT2D eigenvalue weighted by Gasteiger charge is -2.16. The van der Waals surface area contributed by atoms with Gasteiger partial charge >= 0.3 is 5.97 Å². The van der Waals surface area contributed by atoms with Crippen LogP contribution in [0.15, 0.2) is 29.2 Å². The predicted molar refractivity (Wildman–Crippen MR) is 77.6 cm³/mol. The second kappa shape index (κ2) is 6.82. The number of carboxylic acid groups (broad SMARTS) is 1. The number of carboxylic acids is 1. The summed E-state index contributed by atoms with van der Waals surface area (Å²) in [4.78, 5) is 22.3. The molecule has 0 fully saturated rings. The molecule has 0 amide bonds. The van der Waals surface area contributed by atoms with Gasteiger partial charge in [-0.1, -0.05) is 26.0 Å². The smallest absolute Gasteiger partial charge is 0.321 e. The Morgan fingerprint density at radius 2 is 1.90 bits per heavy atom. The summed E-state index contributed by atoms with van der Waals surface area (Å²) >= 11 is 0. The quantitative estimate of drug-likeness (QED) is 0.746. The summed E-state index contributed by atoms with van der Waals surface area (Å²) < 4.78 is 26.6. The topological polar surface area (TPSA) is 101 Å². The van der Waals surface area contributed by atoms with E-state index < -0.39 is 22.0 Å². The van der Waals surface area contributed by atoms with Crippen LogP contribution in [0.2, 0.25) is 0 Å². The van der Waals surface area contributed by atoms with E-state index in [9.17, 15) is 18.0 Å². The first kappa shape index (κ1) is 17.3. The van der Waals surface area contributed by atoms with Crippen LogP contribution >= 0.6 is 0 Å². The van der Waals surface area contributed by atoms with Crippen LogP contribution in [-0.4, -0.2) is 31.3 Å². The Balaban J connectivity index is 3.07. The predicted octanol–water partition coefficient (Wildman–Crippen LogP) is 1.67. The molecule has 21 heavy (non-hydrogen) atoms. The number of carbonyl (C=O) groups excluding carboxylic acids is 1. The number of Topliss-reactive ketones (excluding diaryl/α,β-unsaturated/α-hetero) is 1. The summed E-state index contributed by atoms with van der Waals surface area (Å²) in [6.45, 7) is 4.94. The molecule has 0 saturated heterocycles. The summed E-state index contributed by atoms with van der Waals surface area (Å²) in [6, 6.07) is 4.31. The third-order valence-corrected chi connectivity index (χ3v) is 4.32. The van der Waals surface area contributed by atoms with E-state index in [-0.39, 0.29) is 28.6 Å². The van der Waals surface area contributed by atoms with Crippen LogP contribution in [0.1, 0.15) is 37.6 Å². The summed E-state index contributed by atoms with van der Waals surface area (Å²) in [5.74, 6) is -1.46. The van der Waals surface area contributed by atoms with Gasteiger partial charge in [-0.15, -0.1) is 0 Å². The van der Waals surface area contributed by atoms with Gasteiger partial charge in [0.25, 0.3) is 0 Å². The lowest BCUT2D eigenvalue weighted by molar-refractivity contribution is -0.139. The lowest BCUT2D eigenvalue weighted by atomic mass is 10.1. The first-order valence-electron chi connectivity index (χ1n) is 6.49. The summed E-state index contributed by atoms with van der Waals surface area (Å²) in [7, 11) is -3.99. The van der Waals surface area contributed by atoms with Crippen LogP contribution in [0.5, 0.6) is 0 Å². The molecule has 1 atom stereocenters. The van der Waals surface area contributed by atoms with Crippen molar-refractivity contribution >= 4 is 21.8 Å². The van der Waals surface area contributed by atoms with E-state index in [4.69, 9.17) is 5.11 Å². The molecule has 1 aromatic rings. The van der Waals surface area contributed by atoms with Crippen molar-refractivity contribution in [3.05, 3.63) is 29.8 Å². The number of carbonyl (C=O) groups is 2. The zero-order chi connectivity index (χ0) is 16.2. The molecule has 7 heteroatoms. The largest absolute Gasteiger partial charge is 0.480 e. The van der Waals surface area contributed by atoms with Crippen molar-refractivity contribution in [3.63, 3.8) is 0 Å². The Bertz CT molecular complexity index is 637. The minimum absolute atomic E-state index is 0.0253. The molecule has 1 rings (SSSR count). The number of sulfonamides is 1. The monoisotopic (exact) mass is 313 g/mol. The van der Waals surface area contributed by atoms with Crippen molar-refractivity contribution in [2.45, 2.75) is 38.1 Å². The molecule has 1 aromatic carbocycles. The average Bonchev–Trinajstić information content (AvgIpc) is 2.37. The normalized spacial score (nSPS) is 13.1. The first-order chi connectivity index (χ1) is 9.63. The summed E-state index contributed by atoms with van der Waals surface area (Å²) in [6.07, 6.45) is 0.182. The van der Waals surface area contributed by atoms with Crippen LogP contribution in [0.4, 0.5) is 0 Å². The molecule has 0 aliphatic heterocycles. The maximum absolute atomic E-state index is 12.2. The molecule has 0 aliphatic carbocycles. The highest BCUT2D eigenvalue weighted by atomic mass is 32.2. The van der Waals surface area contributed by atoms with Gasteiger partial charge in [-0.25, -0.2) is 8.42 Å². The summed E-state index contributed by atoms with van der Waals surface area (Å²) in [5.41, 5.74) is 0.258. The Hall–Kier alpha value is -1.73. The van der Waals surface area contributed by atoms with E-state index in [0.717, 1.165) is 0 Å². The maximum atomic E-state index is 12.2. The van der Waals surface area contributed by atoms with Gasteiger partial charge < -0.3 is 5.11 Å². The number of ketones is 1. The van der Waals surface area contributed by atoms with Gasteiger partial charge in [0.2, 0.25) is 10.0 Å². The molecular weight excluding hydrogens is 294 g/mol. The third-order valence-electron chi connectivity index (χ3n) is 2.85. The van der Waals surface area contributed by atoms with E-state index >= 15 is 0 Å². The van der Waals surface area contributed by atoms with E-state index in [1.807, 2.05) is 0 Å². The Morgan fingerprint density at radius 1 is 1.29 bits per heavy atom. The van der Waals surface area contributed by atoms with Crippen molar-refractivity contribution in [1.29, 1.82) is 0 Å². The zero-order valence-electron chi connectivity index (χ0n) is 12.2. The number of nitrogens with one attached hydrogen (secondary N) is 1.